The maximum Gasteiger partial charge on any atom is 0.358 e. The van der Waals surface area contributed by atoms with Crippen LogP contribution in [-0.4, -0.2) is 32.9 Å². The van der Waals surface area contributed by atoms with E-state index in [9.17, 15) is 14.4 Å². The third kappa shape index (κ3) is 2.44. The van der Waals surface area contributed by atoms with Gasteiger partial charge in [-0.05, 0) is 5.41 Å². The number of carboxylic acid groups (broad SMARTS) is 1. The monoisotopic (exact) mass is 263 g/mol. The zero-order valence-corrected chi connectivity index (χ0v) is 10.6. The van der Waals surface area contributed by atoms with Crippen molar-refractivity contribution in [1.29, 1.82) is 0 Å². The summed E-state index contributed by atoms with van der Waals surface area (Å²) in [6.45, 7) is 3.63. The second kappa shape index (κ2) is 4.42. The van der Waals surface area contributed by atoms with Crippen molar-refractivity contribution in [3.63, 3.8) is 0 Å². The molecule has 1 fully saturated rings. The maximum atomic E-state index is 12.0. The van der Waals surface area contributed by atoms with Crippen LogP contribution in [0.5, 0.6) is 0 Å². The number of hydrogen-bond acceptors (Lipinski definition) is 5. The third-order valence-corrected chi connectivity index (χ3v) is 2.85. The van der Waals surface area contributed by atoms with E-state index in [2.05, 4.69) is 9.97 Å². The molecule has 0 aliphatic carbocycles. The molecular formula is C12H13N3O4. The summed E-state index contributed by atoms with van der Waals surface area (Å²) in [4.78, 5) is 43.4. The van der Waals surface area contributed by atoms with E-state index in [0.29, 0.717) is 0 Å². The normalized spacial score (nSPS) is 18.5. The van der Waals surface area contributed by atoms with Crippen LogP contribution in [0, 0.1) is 5.41 Å². The predicted octanol–water partition coefficient (Wildman–Crippen LogP) is 0.854. The number of carbonyl (C=O) groups excluding carboxylic acids is 2. The van der Waals surface area contributed by atoms with Crippen molar-refractivity contribution in [3.05, 3.63) is 18.1 Å². The Kier molecular flexibility index (Phi) is 3.05. The summed E-state index contributed by atoms with van der Waals surface area (Å²) in [6, 6.07) is 0. The number of hydrogen-bond donors (Lipinski definition) is 1. The maximum absolute atomic E-state index is 12.0. The minimum atomic E-state index is -1.33. The molecule has 1 aliphatic heterocycles. The van der Waals surface area contributed by atoms with Crippen molar-refractivity contribution in [2.24, 2.45) is 5.41 Å². The average Bonchev–Trinajstić information content (AvgIpc) is 2.26. The van der Waals surface area contributed by atoms with Crippen LogP contribution in [0.15, 0.2) is 12.4 Å². The van der Waals surface area contributed by atoms with E-state index in [4.69, 9.17) is 5.11 Å². The molecule has 0 atom stereocenters. The van der Waals surface area contributed by atoms with Crippen LogP contribution >= 0.6 is 0 Å². The summed E-state index contributed by atoms with van der Waals surface area (Å²) in [7, 11) is 0. The van der Waals surface area contributed by atoms with Gasteiger partial charge in [0.2, 0.25) is 11.8 Å². The highest BCUT2D eigenvalue weighted by atomic mass is 16.4. The lowest BCUT2D eigenvalue weighted by molar-refractivity contribution is -0.132. The largest absolute Gasteiger partial charge is 0.476 e. The average molecular weight is 263 g/mol. The molecule has 2 heterocycles. The molecule has 0 bridgehead atoms. The number of carbonyl (C=O) groups is 3. The molecule has 1 aliphatic rings. The van der Waals surface area contributed by atoms with Crippen molar-refractivity contribution >= 4 is 23.6 Å². The first-order chi connectivity index (χ1) is 8.82. The molecule has 2 amide bonds. The highest BCUT2D eigenvalue weighted by Crippen LogP contribution is 2.33. The Morgan fingerprint density at radius 3 is 2.26 bits per heavy atom. The summed E-state index contributed by atoms with van der Waals surface area (Å²) in [5, 5.41) is 9.02. The van der Waals surface area contributed by atoms with Crippen LogP contribution in [-0.2, 0) is 9.59 Å². The van der Waals surface area contributed by atoms with Crippen LogP contribution < -0.4 is 4.90 Å². The van der Waals surface area contributed by atoms with Gasteiger partial charge in [-0.3, -0.25) is 9.59 Å². The van der Waals surface area contributed by atoms with Gasteiger partial charge >= 0.3 is 5.97 Å². The van der Waals surface area contributed by atoms with Gasteiger partial charge < -0.3 is 5.11 Å². The zero-order valence-electron chi connectivity index (χ0n) is 10.6. The van der Waals surface area contributed by atoms with E-state index in [0.717, 1.165) is 4.90 Å². The van der Waals surface area contributed by atoms with Crippen LogP contribution in [0.2, 0.25) is 0 Å². The van der Waals surface area contributed by atoms with Crippen LogP contribution in [0.4, 0.5) is 5.82 Å². The van der Waals surface area contributed by atoms with E-state index in [1.54, 1.807) is 0 Å². The van der Waals surface area contributed by atoms with Gasteiger partial charge in [-0.25, -0.2) is 19.7 Å². The van der Waals surface area contributed by atoms with Crippen molar-refractivity contribution in [3.8, 4) is 0 Å². The fourth-order valence-electron chi connectivity index (χ4n) is 2.06. The standard InChI is InChI=1S/C12H13N3O4/c1-12(2)5-7(16)15(8(17)6-12)10-9(11(18)19)13-3-4-14-10/h3-4H,5-6H2,1-2H3,(H,18,19). The zero-order chi connectivity index (χ0) is 14.2. The number of aromatic carboxylic acids is 1. The number of aromatic nitrogens is 2. The molecule has 19 heavy (non-hydrogen) atoms. The molecule has 0 saturated carbocycles. The molecule has 7 heteroatoms. The van der Waals surface area contributed by atoms with Gasteiger partial charge in [0, 0.05) is 25.2 Å². The number of piperidine rings is 1. The van der Waals surface area contributed by atoms with E-state index in [1.807, 2.05) is 13.8 Å². The first-order valence-electron chi connectivity index (χ1n) is 5.72. The molecule has 1 aromatic rings. The first-order valence-corrected chi connectivity index (χ1v) is 5.72. The Bertz CT molecular complexity index is 548. The van der Waals surface area contributed by atoms with Crippen LogP contribution in [0.25, 0.3) is 0 Å². The molecule has 1 saturated heterocycles. The Balaban J connectivity index is 2.45. The lowest BCUT2D eigenvalue weighted by Crippen LogP contribution is -2.47. The fraction of sp³-hybridized carbons (Fsp3) is 0.417. The quantitative estimate of drug-likeness (QED) is 0.794. The highest BCUT2D eigenvalue weighted by Gasteiger charge is 2.40. The first kappa shape index (κ1) is 13.1. The van der Waals surface area contributed by atoms with Crippen molar-refractivity contribution in [1.82, 2.24) is 9.97 Å². The fourth-order valence-corrected chi connectivity index (χ4v) is 2.06. The molecule has 0 unspecified atom stereocenters. The number of imide groups is 1. The molecule has 0 radical (unpaired) electrons. The Morgan fingerprint density at radius 1 is 1.21 bits per heavy atom. The summed E-state index contributed by atoms with van der Waals surface area (Å²) in [5.74, 6) is -2.44. The van der Waals surface area contributed by atoms with Gasteiger partial charge in [-0.15, -0.1) is 0 Å². The summed E-state index contributed by atoms with van der Waals surface area (Å²) in [5.41, 5.74) is -0.820. The van der Waals surface area contributed by atoms with Gasteiger partial charge in [-0.1, -0.05) is 13.8 Å². The van der Waals surface area contributed by atoms with Crippen LogP contribution in [0.3, 0.4) is 0 Å². The van der Waals surface area contributed by atoms with Gasteiger partial charge in [-0.2, -0.15) is 0 Å². The summed E-state index contributed by atoms with van der Waals surface area (Å²) < 4.78 is 0. The SMILES string of the molecule is CC1(C)CC(=O)N(c2nccnc2C(=O)O)C(=O)C1. The third-order valence-electron chi connectivity index (χ3n) is 2.85. The lowest BCUT2D eigenvalue weighted by atomic mass is 9.82. The number of nitrogens with zero attached hydrogens (tertiary/aromatic N) is 3. The molecule has 1 aromatic heterocycles. The van der Waals surface area contributed by atoms with Gasteiger partial charge in [0.1, 0.15) is 0 Å². The molecule has 7 nitrogen and oxygen atoms in total. The van der Waals surface area contributed by atoms with E-state index >= 15 is 0 Å². The highest BCUT2D eigenvalue weighted by molar-refractivity contribution is 6.18. The number of anilines is 1. The van der Waals surface area contributed by atoms with Gasteiger partial charge in [0.25, 0.3) is 0 Å². The van der Waals surface area contributed by atoms with E-state index < -0.39 is 28.9 Å². The van der Waals surface area contributed by atoms with Gasteiger partial charge in [0.15, 0.2) is 11.5 Å². The second-order valence-electron chi connectivity index (χ2n) is 5.17. The van der Waals surface area contributed by atoms with E-state index in [1.165, 1.54) is 12.4 Å². The minimum absolute atomic E-state index is 0.161. The molecule has 100 valence electrons. The molecule has 0 aromatic carbocycles. The topological polar surface area (TPSA) is 100 Å². The summed E-state index contributed by atoms with van der Waals surface area (Å²) >= 11 is 0. The molecule has 1 N–H and O–H groups in total. The predicted molar refractivity (Wildman–Crippen MR) is 64.5 cm³/mol. The number of amides is 2. The smallest absolute Gasteiger partial charge is 0.358 e. The number of rotatable bonds is 2. The van der Waals surface area contributed by atoms with E-state index in [-0.39, 0.29) is 18.7 Å². The van der Waals surface area contributed by atoms with Crippen molar-refractivity contribution in [2.75, 3.05) is 4.90 Å². The van der Waals surface area contributed by atoms with Crippen molar-refractivity contribution < 1.29 is 19.5 Å². The van der Waals surface area contributed by atoms with Gasteiger partial charge in [0.05, 0.1) is 0 Å². The lowest BCUT2D eigenvalue weighted by Gasteiger charge is -2.34. The minimum Gasteiger partial charge on any atom is -0.476 e. The van der Waals surface area contributed by atoms with Crippen molar-refractivity contribution in [2.45, 2.75) is 26.7 Å². The molecule has 2 rings (SSSR count). The number of carboxylic acids is 1. The second-order valence-corrected chi connectivity index (χ2v) is 5.17. The Hall–Kier alpha value is -2.31. The molecule has 0 spiro atoms. The summed E-state index contributed by atoms with van der Waals surface area (Å²) in [6.07, 6.45) is 2.78. The molecular weight excluding hydrogens is 250 g/mol. The Labute approximate surface area is 109 Å². The van der Waals surface area contributed by atoms with Crippen LogP contribution in [0.1, 0.15) is 37.2 Å². The Morgan fingerprint density at radius 2 is 1.74 bits per heavy atom.